The summed E-state index contributed by atoms with van der Waals surface area (Å²) in [5.74, 6) is 1.38. The van der Waals surface area contributed by atoms with Crippen LogP contribution in [0.3, 0.4) is 0 Å². The third-order valence-corrected chi connectivity index (χ3v) is 7.07. The largest absolute Gasteiger partial charge is 0.491 e. The van der Waals surface area contributed by atoms with Crippen molar-refractivity contribution < 1.29 is 9.13 Å². The predicted octanol–water partition coefficient (Wildman–Crippen LogP) is 6.49. The van der Waals surface area contributed by atoms with E-state index in [2.05, 4.69) is 15.3 Å². The summed E-state index contributed by atoms with van der Waals surface area (Å²) in [6.07, 6.45) is 10.9. The minimum atomic E-state index is -0.466. The average molecular weight is 441 g/mol. The van der Waals surface area contributed by atoms with Crippen LogP contribution in [0.25, 0.3) is 10.9 Å². The molecule has 1 heterocycles. The fourth-order valence-corrected chi connectivity index (χ4v) is 5.42. The summed E-state index contributed by atoms with van der Waals surface area (Å²) >= 11 is 5.88. The fourth-order valence-electron chi connectivity index (χ4n) is 5.24. The Labute approximate surface area is 186 Å². The number of nitrogens with two attached hydrogens (primary N) is 1. The van der Waals surface area contributed by atoms with Crippen molar-refractivity contribution in [3.05, 3.63) is 47.5 Å². The first kappa shape index (κ1) is 20.3. The number of hydrogen-bond donors (Lipinski definition) is 2. The van der Waals surface area contributed by atoms with E-state index in [0.717, 1.165) is 10.9 Å². The molecule has 2 aliphatic carbocycles. The Morgan fingerprint density at radius 1 is 1.13 bits per heavy atom. The van der Waals surface area contributed by atoms with E-state index in [0.29, 0.717) is 40.9 Å². The smallest absolute Gasteiger partial charge is 0.144 e. The lowest BCUT2D eigenvalue weighted by Crippen LogP contribution is -2.41. The maximum Gasteiger partial charge on any atom is 0.144 e. The second-order valence-corrected chi connectivity index (χ2v) is 9.44. The van der Waals surface area contributed by atoms with Crippen molar-refractivity contribution in [1.29, 1.82) is 0 Å². The van der Waals surface area contributed by atoms with Crippen molar-refractivity contribution in [2.75, 3.05) is 17.7 Å². The summed E-state index contributed by atoms with van der Waals surface area (Å²) in [6.45, 7) is 0.696. The number of nitrogens with zero attached hydrogens (tertiary/aromatic N) is 2. The van der Waals surface area contributed by atoms with E-state index in [1.54, 1.807) is 6.07 Å². The molecule has 2 aromatic carbocycles. The molecule has 0 aliphatic heterocycles. The number of halogens is 2. The van der Waals surface area contributed by atoms with Gasteiger partial charge in [0, 0.05) is 17.1 Å². The third kappa shape index (κ3) is 4.13. The first-order chi connectivity index (χ1) is 15.0. The number of anilines is 3. The van der Waals surface area contributed by atoms with E-state index in [9.17, 15) is 4.39 Å². The molecule has 2 saturated carbocycles. The van der Waals surface area contributed by atoms with Crippen LogP contribution in [-0.4, -0.2) is 16.6 Å². The summed E-state index contributed by atoms with van der Waals surface area (Å²) in [4.78, 5) is 8.69. The minimum Gasteiger partial charge on any atom is -0.491 e. The second kappa shape index (κ2) is 8.15. The number of nitrogen functional groups attached to an aromatic ring is 1. The lowest BCUT2D eigenvalue weighted by atomic mass is 9.56. The molecule has 1 aromatic heterocycles. The van der Waals surface area contributed by atoms with Gasteiger partial charge in [-0.25, -0.2) is 14.4 Å². The highest BCUT2D eigenvalue weighted by atomic mass is 35.5. The first-order valence-corrected chi connectivity index (χ1v) is 11.3. The first-order valence-electron chi connectivity index (χ1n) is 10.9. The van der Waals surface area contributed by atoms with Crippen LogP contribution in [0.15, 0.2) is 36.7 Å². The summed E-state index contributed by atoms with van der Waals surface area (Å²) < 4.78 is 19.5. The number of hydrogen-bond acceptors (Lipinski definition) is 5. The van der Waals surface area contributed by atoms with Crippen molar-refractivity contribution in [2.45, 2.75) is 44.9 Å². The maximum atomic E-state index is 13.4. The molecule has 3 N–H and O–H groups in total. The normalized spacial score (nSPS) is 18.1. The zero-order valence-corrected chi connectivity index (χ0v) is 18.1. The molecule has 0 atom stereocenters. The Kier molecular flexibility index (Phi) is 5.34. The molecule has 2 aliphatic rings. The van der Waals surface area contributed by atoms with Gasteiger partial charge in [0.2, 0.25) is 0 Å². The van der Waals surface area contributed by atoms with Crippen LogP contribution in [0.2, 0.25) is 5.02 Å². The monoisotopic (exact) mass is 440 g/mol. The summed E-state index contributed by atoms with van der Waals surface area (Å²) in [7, 11) is 0. The standard InChI is InChI=1S/C24H26ClFN4O/c25-18-8-16(4-5-19(18)26)30-23-17-9-20(27)22(10-21(17)28-14-29-23)31-13-15-11-24(12-15)6-2-1-3-7-24/h4-5,8-10,14-15H,1-3,6-7,11-13,27H2,(H,28,29,30). The lowest BCUT2D eigenvalue weighted by Gasteiger charge is -2.50. The van der Waals surface area contributed by atoms with Crippen LogP contribution in [0, 0.1) is 17.2 Å². The van der Waals surface area contributed by atoms with Gasteiger partial charge in [0.15, 0.2) is 0 Å². The molecule has 5 nitrogen and oxygen atoms in total. The van der Waals surface area contributed by atoms with Crippen molar-refractivity contribution in [3.63, 3.8) is 0 Å². The molecule has 7 heteroatoms. The van der Waals surface area contributed by atoms with Gasteiger partial charge in [0.05, 0.1) is 22.8 Å². The van der Waals surface area contributed by atoms with Crippen LogP contribution in [0.4, 0.5) is 21.6 Å². The number of aromatic nitrogens is 2. The van der Waals surface area contributed by atoms with E-state index in [1.165, 1.54) is 63.4 Å². The van der Waals surface area contributed by atoms with Crippen LogP contribution in [0.1, 0.15) is 44.9 Å². The van der Waals surface area contributed by atoms with Crippen molar-refractivity contribution >= 4 is 39.7 Å². The summed E-state index contributed by atoms with van der Waals surface area (Å²) in [5.41, 5.74) is 8.80. The van der Waals surface area contributed by atoms with Crippen molar-refractivity contribution in [1.82, 2.24) is 9.97 Å². The Morgan fingerprint density at radius 2 is 1.94 bits per heavy atom. The van der Waals surface area contributed by atoms with Gasteiger partial charge in [-0.3, -0.25) is 0 Å². The molecule has 5 rings (SSSR count). The summed E-state index contributed by atoms with van der Waals surface area (Å²) in [6, 6.07) is 8.12. The number of benzene rings is 2. The van der Waals surface area contributed by atoms with E-state index in [-0.39, 0.29) is 5.02 Å². The third-order valence-electron chi connectivity index (χ3n) is 6.78. The van der Waals surface area contributed by atoms with E-state index in [4.69, 9.17) is 22.1 Å². The van der Waals surface area contributed by atoms with Crippen LogP contribution in [-0.2, 0) is 0 Å². The minimum absolute atomic E-state index is 0.0459. The van der Waals surface area contributed by atoms with Gasteiger partial charge in [-0.2, -0.15) is 0 Å². The Morgan fingerprint density at radius 3 is 2.71 bits per heavy atom. The Hall–Kier alpha value is -2.60. The number of ether oxygens (including phenoxy) is 1. The molecule has 162 valence electrons. The topological polar surface area (TPSA) is 73.1 Å². The van der Waals surface area contributed by atoms with E-state index < -0.39 is 5.82 Å². The van der Waals surface area contributed by atoms with Gasteiger partial charge in [0.25, 0.3) is 0 Å². The number of rotatable bonds is 5. The molecule has 0 unspecified atom stereocenters. The molecule has 2 fully saturated rings. The highest BCUT2D eigenvalue weighted by Crippen LogP contribution is 2.54. The van der Waals surface area contributed by atoms with Crippen molar-refractivity contribution in [3.8, 4) is 5.75 Å². The van der Waals surface area contributed by atoms with Gasteiger partial charge in [-0.15, -0.1) is 0 Å². The molecule has 0 saturated heterocycles. The predicted molar refractivity (Wildman–Crippen MR) is 122 cm³/mol. The van der Waals surface area contributed by atoms with E-state index in [1.807, 2.05) is 12.1 Å². The quantitative estimate of drug-likeness (QED) is 0.444. The average Bonchev–Trinajstić information content (AvgIpc) is 2.74. The van der Waals surface area contributed by atoms with Gasteiger partial charge in [-0.05, 0) is 61.3 Å². The zero-order valence-electron chi connectivity index (χ0n) is 17.3. The molecule has 0 radical (unpaired) electrons. The molecule has 31 heavy (non-hydrogen) atoms. The summed E-state index contributed by atoms with van der Waals surface area (Å²) in [5, 5.41) is 3.97. The lowest BCUT2D eigenvalue weighted by molar-refractivity contribution is -0.00749. The zero-order chi connectivity index (χ0) is 21.4. The van der Waals surface area contributed by atoms with E-state index >= 15 is 0 Å². The number of fused-ring (bicyclic) bond motifs is 1. The number of nitrogens with one attached hydrogen (secondary N) is 1. The maximum absolute atomic E-state index is 13.4. The SMILES string of the molecule is Nc1cc2c(Nc3ccc(F)c(Cl)c3)ncnc2cc1OCC1CC2(CCCCC2)C1. The van der Waals surface area contributed by atoms with Gasteiger partial charge in [0.1, 0.15) is 23.7 Å². The van der Waals surface area contributed by atoms with Crippen LogP contribution < -0.4 is 15.8 Å². The highest BCUT2D eigenvalue weighted by Gasteiger charge is 2.44. The fraction of sp³-hybridized carbons (Fsp3) is 0.417. The molecule has 0 bridgehead atoms. The molecule has 3 aromatic rings. The molecule has 1 spiro atoms. The Balaban J connectivity index is 1.30. The molecule has 0 amide bonds. The van der Waals surface area contributed by atoms with Gasteiger partial charge >= 0.3 is 0 Å². The van der Waals surface area contributed by atoms with Gasteiger partial charge in [-0.1, -0.05) is 30.9 Å². The molecular weight excluding hydrogens is 415 g/mol. The van der Waals surface area contributed by atoms with Crippen LogP contribution in [0.5, 0.6) is 5.75 Å². The van der Waals surface area contributed by atoms with Crippen LogP contribution >= 0.6 is 11.6 Å². The molecular formula is C24H26ClFN4O. The Bertz CT molecular complexity index is 1110. The van der Waals surface area contributed by atoms with Crippen molar-refractivity contribution in [2.24, 2.45) is 11.3 Å². The highest BCUT2D eigenvalue weighted by molar-refractivity contribution is 6.31. The van der Waals surface area contributed by atoms with Gasteiger partial charge < -0.3 is 15.8 Å². The second-order valence-electron chi connectivity index (χ2n) is 9.03.